The van der Waals surface area contributed by atoms with Gasteiger partial charge >= 0.3 is 0 Å². The van der Waals surface area contributed by atoms with Crippen molar-refractivity contribution >= 4 is 11.8 Å². The van der Waals surface area contributed by atoms with Gasteiger partial charge in [-0.25, -0.2) is 0 Å². The van der Waals surface area contributed by atoms with E-state index in [1.54, 1.807) is 4.90 Å². The molecule has 0 spiro atoms. The SMILES string of the molecule is O=C(C1CCCCN1C(=O)COC1CCCCC1)N1CCCC1. The first kappa shape index (κ1) is 16.7. The second-order valence-corrected chi connectivity index (χ2v) is 7.20. The number of hydrogen-bond donors (Lipinski definition) is 0. The summed E-state index contributed by atoms with van der Waals surface area (Å²) >= 11 is 0. The molecular weight excluding hydrogens is 292 g/mol. The fourth-order valence-corrected chi connectivity index (χ4v) is 4.14. The summed E-state index contributed by atoms with van der Waals surface area (Å²) in [5.74, 6) is 0.168. The standard InChI is InChI=1S/C18H30N2O3/c21-17(14-23-15-8-2-1-3-9-15)20-13-5-4-10-16(20)18(22)19-11-6-7-12-19/h15-16H,1-14H2. The molecule has 2 heterocycles. The van der Waals surface area contributed by atoms with Crippen molar-refractivity contribution in [1.82, 2.24) is 9.80 Å². The van der Waals surface area contributed by atoms with E-state index in [1.807, 2.05) is 4.90 Å². The van der Waals surface area contributed by atoms with Crippen LogP contribution in [-0.2, 0) is 14.3 Å². The number of carbonyl (C=O) groups excluding carboxylic acids is 2. The van der Waals surface area contributed by atoms with E-state index in [9.17, 15) is 9.59 Å². The van der Waals surface area contributed by atoms with Gasteiger partial charge in [-0.05, 0) is 44.9 Å². The summed E-state index contributed by atoms with van der Waals surface area (Å²) in [6.45, 7) is 2.57. The zero-order chi connectivity index (χ0) is 16.1. The van der Waals surface area contributed by atoms with Crippen molar-refractivity contribution in [2.24, 2.45) is 0 Å². The van der Waals surface area contributed by atoms with Gasteiger partial charge in [-0.3, -0.25) is 9.59 Å². The maximum atomic E-state index is 12.7. The van der Waals surface area contributed by atoms with Crippen molar-refractivity contribution in [3.05, 3.63) is 0 Å². The van der Waals surface area contributed by atoms with Crippen molar-refractivity contribution in [2.75, 3.05) is 26.2 Å². The molecule has 0 radical (unpaired) electrons. The number of nitrogens with zero attached hydrogens (tertiary/aromatic N) is 2. The molecule has 3 aliphatic rings. The molecule has 2 aliphatic heterocycles. The van der Waals surface area contributed by atoms with Gasteiger partial charge in [0.2, 0.25) is 11.8 Å². The van der Waals surface area contributed by atoms with Crippen molar-refractivity contribution in [3.8, 4) is 0 Å². The van der Waals surface area contributed by atoms with Crippen LogP contribution in [0.15, 0.2) is 0 Å². The predicted molar refractivity (Wildman–Crippen MR) is 88.0 cm³/mol. The Morgan fingerprint density at radius 3 is 2.22 bits per heavy atom. The normalized spacial score (nSPS) is 26.5. The van der Waals surface area contributed by atoms with E-state index in [-0.39, 0.29) is 30.6 Å². The van der Waals surface area contributed by atoms with Gasteiger partial charge in [0.05, 0.1) is 6.10 Å². The Labute approximate surface area is 139 Å². The highest BCUT2D eigenvalue weighted by Crippen LogP contribution is 2.23. The van der Waals surface area contributed by atoms with E-state index >= 15 is 0 Å². The highest BCUT2D eigenvalue weighted by Gasteiger charge is 2.35. The molecule has 0 bridgehead atoms. The number of amides is 2. The monoisotopic (exact) mass is 322 g/mol. The maximum Gasteiger partial charge on any atom is 0.249 e. The van der Waals surface area contributed by atoms with E-state index in [0.717, 1.165) is 58.0 Å². The Balaban J connectivity index is 1.54. The molecule has 1 unspecified atom stereocenters. The lowest BCUT2D eigenvalue weighted by atomic mass is 9.98. The maximum absolute atomic E-state index is 12.7. The lowest BCUT2D eigenvalue weighted by Gasteiger charge is -2.37. The minimum Gasteiger partial charge on any atom is -0.368 e. The van der Waals surface area contributed by atoms with E-state index in [2.05, 4.69) is 0 Å². The van der Waals surface area contributed by atoms with Crippen molar-refractivity contribution in [2.45, 2.75) is 76.4 Å². The van der Waals surface area contributed by atoms with Gasteiger partial charge in [0, 0.05) is 19.6 Å². The first-order chi connectivity index (χ1) is 11.3. The molecular formula is C18H30N2O3. The Morgan fingerprint density at radius 1 is 0.826 bits per heavy atom. The van der Waals surface area contributed by atoms with Gasteiger partial charge in [0.25, 0.3) is 0 Å². The van der Waals surface area contributed by atoms with Crippen LogP contribution in [-0.4, -0.2) is 60.0 Å². The average molecular weight is 322 g/mol. The quantitative estimate of drug-likeness (QED) is 0.798. The molecule has 5 nitrogen and oxygen atoms in total. The van der Waals surface area contributed by atoms with Crippen molar-refractivity contribution < 1.29 is 14.3 Å². The summed E-state index contributed by atoms with van der Waals surface area (Å²) in [4.78, 5) is 29.1. The third-order valence-corrected chi connectivity index (χ3v) is 5.52. The minimum atomic E-state index is -0.246. The highest BCUT2D eigenvalue weighted by atomic mass is 16.5. The topological polar surface area (TPSA) is 49.9 Å². The van der Waals surface area contributed by atoms with E-state index in [4.69, 9.17) is 4.74 Å². The zero-order valence-corrected chi connectivity index (χ0v) is 14.2. The largest absolute Gasteiger partial charge is 0.368 e. The summed E-state index contributed by atoms with van der Waals surface area (Å²) in [5, 5.41) is 0. The number of rotatable bonds is 4. The smallest absolute Gasteiger partial charge is 0.249 e. The van der Waals surface area contributed by atoms with Crippen LogP contribution in [0.3, 0.4) is 0 Å². The average Bonchev–Trinajstić information content (AvgIpc) is 3.14. The summed E-state index contributed by atoms with van der Waals surface area (Å²) in [7, 11) is 0. The Morgan fingerprint density at radius 2 is 1.48 bits per heavy atom. The van der Waals surface area contributed by atoms with Crippen LogP contribution >= 0.6 is 0 Å². The molecule has 0 aromatic heterocycles. The van der Waals surface area contributed by atoms with Gasteiger partial charge in [-0.1, -0.05) is 19.3 Å². The molecule has 3 fully saturated rings. The molecule has 1 aliphatic carbocycles. The van der Waals surface area contributed by atoms with E-state index in [0.29, 0.717) is 6.54 Å². The van der Waals surface area contributed by atoms with Crippen LogP contribution in [0.1, 0.15) is 64.2 Å². The number of likely N-dealkylation sites (tertiary alicyclic amines) is 2. The summed E-state index contributed by atoms with van der Waals surface area (Å²) in [6.07, 6.45) is 11.1. The second kappa shape index (κ2) is 8.13. The van der Waals surface area contributed by atoms with Gasteiger partial charge < -0.3 is 14.5 Å². The molecule has 2 amide bonds. The number of carbonyl (C=O) groups is 2. The third-order valence-electron chi connectivity index (χ3n) is 5.52. The number of hydrogen-bond acceptors (Lipinski definition) is 3. The van der Waals surface area contributed by atoms with Gasteiger partial charge in [0.15, 0.2) is 0 Å². The second-order valence-electron chi connectivity index (χ2n) is 7.20. The summed E-state index contributed by atoms with van der Waals surface area (Å²) < 4.78 is 5.84. The lowest BCUT2D eigenvalue weighted by molar-refractivity contribution is -0.151. The Bertz CT molecular complexity index is 414. The fourth-order valence-electron chi connectivity index (χ4n) is 4.14. The number of ether oxygens (including phenoxy) is 1. The molecule has 23 heavy (non-hydrogen) atoms. The Kier molecular flexibility index (Phi) is 5.92. The summed E-state index contributed by atoms with van der Waals surface area (Å²) in [6, 6.07) is -0.246. The molecule has 3 rings (SSSR count). The molecule has 1 atom stereocenters. The molecule has 5 heteroatoms. The number of piperidine rings is 1. The van der Waals surface area contributed by atoms with Crippen LogP contribution in [0.2, 0.25) is 0 Å². The molecule has 0 N–H and O–H groups in total. The molecule has 1 saturated carbocycles. The predicted octanol–water partition coefficient (Wildman–Crippen LogP) is 2.34. The van der Waals surface area contributed by atoms with Crippen LogP contribution in [0.5, 0.6) is 0 Å². The lowest BCUT2D eigenvalue weighted by Crippen LogP contribution is -2.53. The van der Waals surface area contributed by atoms with Gasteiger partial charge in [0.1, 0.15) is 12.6 Å². The van der Waals surface area contributed by atoms with Crippen LogP contribution in [0.4, 0.5) is 0 Å². The molecule has 130 valence electrons. The molecule has 0 aromatic rings. The zero-order valence-electron chi connectivity index (χ0n) is 14.2. The molecule has 2 saturated heterocycles. The van der Waals surface area contributed by atoms with Crippen LogP contribution in [0.25, 0.3) is 0 Å². The van der Waals surface area contributed by atoms with Gasteiger partial charge in [-0.2, -0.15) is 0 Å². The Hall–Kier alpha value is -1.10. The van der Waals surface area contributed by atoms with Crippen LogP contribution < -0.4 is 0 Å². The van der Waals surface area contributed by atoms with Crippen LogP contribution in [0, 0.1) is 0 Å². The van der Waals surface area contributed by atoms with Crippen molar-refractivity contribution in [1.29, 1.82) is 0 Å². The van der Waals surface area contributed by atoms with Crippen molar-refractivity contribution in [3.63, 3.8) is 0 Å². The highest BCUT2D eigenvalue weighted by molar-refractivity contribution is 5.88. The fraction of sp³-hybridized carbons (Fsp3) is 0.889. The van der Waals surface area contributed by atoms with E-state index in [1.165, 1.54) is 19.3 Å². The first-order valence-electron chi connectivity index (χ1n) is 9.45. The first-order valence-corrected chi connectivity index (χ1v) is 9.45. The minimum absolute atomic E-state index is 0.00724. The van der Waals surface area contributed by atoms with Gasteiger partial charge in [-0.15, -0.1) is 0 Å². The third kappa shape index (κ3) is 4.25. The summed E-state index contributed by atoms with van der Waals surface area (Å²) in [5.41, 5.74) is 0. The molecule has 0 aromatic carbocycles. The van der Waals surface area contributed by atoms with E-state index < -0.39 is 0 Å².